The Balaban J connectivity index is 2.20. The second-order valence-corrected chi connectivity index (χ2v) is 19.9. The SMILES string of the molecule is CCCCC/C=C/CC/C=C/CC/C=C/C(O)C(COC1OC(CO)C(O)C(O)C1O)NC(=O)C(O)CCCCCCCCCCCCCCCCCCCCCCCCCCCCCCC. The number of hydrogen-bond donors (Lipinski definition) is 7. The number of rotatable bonds is 48. The molecule has 10 nitrogen and oxygen atoms in total. The molecule has 8 atom stereocenters. The summed E-state index contributed by atoms with van der Waals surface area (Å²) in [6.07, 6.45) is 49.8. The lowest BCUT2D eigenvalue weighted by Gasteiger charge is -2.40. The Labute approximate surface area is 411 Å². The summed E-state index contributed by atoms with van der Waals surface area (Å²) < 4.78 is 11.1. The van der Waals surface area contributed by atoms with Crippen molar-refractivity contribution in [3.63, 3.8) is 0 Å². The van der Waals surface area contributed by atoms with Crippen LogP contribution in [0.1, 0.15) is 258 Å². The van der Waals surface area contributed by atoms with Gasteiger partial charge in [-0.25, -0.2) is 0 Å². The largest absolute Gasteiger partial charge is 0.394 e. The number of nitrogens with one attached hydrogen (secondary N) is 1. The smallest absolute Gasteiger partial charge is 0.249 e. The van der Waals surface area contributed by atoms with Gasteiger partial charge in [0, 0.05) is 0 Å². The Hall–Kier alpha value is -1.63. The lowest BCUT2D eigenvalue weighted by molar-refractivity contribution is -0.302. The number of aliphatic hydroxyl groups is 6. The minimum absolute atomic E-state index is 0.304. The lowest BCUT2D eigenvalue weighted by atomic mass is 9.99. The number of unbranched alkanes of at least 4 members (excludes halogenated alkanes) is 33. The van der Waals surface area contributed by atoms with Crippen molar-refractivity contribution in [2.24, 2.45) is 0 Å². The molecule has 0 aromatic heterocycles. The number of hydrogen-bond acceptors (Lipinski definition) is 9. The highest BCUT2D eigenvalue weighted by atomic mass is 16.7. The van der Waals surface area contributed by atoms with Crippen LogP contribution < -0.4 is 5.32 Å². The third-order valence-corrected chi connectivity index (χ3v) is 13.6. The van der Waals surface area contributed by atoms with E-state index in [1.807, 2.05) is 6.08 Å². The molecule has 1 rings (SSSR count). The summed E-state index contributed by atoms with van der Waals surface area (Å²) in [5, 5.41) is 64.8. The van der Waals surface area contributed by atoms with E-state index < -0.39 is 61.5 Å². The summed E-state index contributed by atoms with van der Waals surface area (Å²) in [5.74, 6) is -0.627. The van der Waals surface area contributed by atoms with Crippen molar-refractivity contribution in [2.75, 3.05) is 13.2 Å². The highest BCUT2D eigenvalue weighted by Crippen LogP contribution is 2.23. The van der Waals surface area contributed by atoms with Crippen LogP contribution in [0.5, 0.6) is 0 Å². The first-order valence-electron chi connectivity index (χ1n) is 28.3. The standard InChI is InChI=1S/C57H107NO9/c1-3-5-7-9-11-13-15-17-18-19-20-21-22-23-24-25-26-27-28-29-30-31-32-34-36-38-40-42-44-46-51(61)56(65)58-49(48-66-57-55(64)54(63)53(62)52(47-59)67-57)50(60)45-43-41-39-37-35-33-16-14-12-10-8-6-4-2/h12,14,35,37,43,45,49-55,57,59-64H,3-11,13,15-34,36,38-42,44,46-48H2,1-2H3,(H,58,65)/b14-12+,37-35+,45-43+. The fourth-order valence-electron chi connectivity index (χ4n) is 8.96. The van der Waals surface area contributed by atoms with Crippen molar-refractivity contribution >= 4 is 5.91 Å². The Morgan fingerprint density at radius 1 is 0.507 bits per heavy atom. The molecular formula is C57H107NO9. The van der Waals surface area contributed by atoms with Gasteiger partial charge in [-0.05, 0) is 44.9 Å². The first-order valence-corrected chi connectivity index (χ1v) is 28.3. The topological polar surface area (TPSA) is 169 Å². The molecule has 0 aromatic rings. The van der Waals surface area contributed by atoms with Gasteiger partial charge in [0.05, 0.1) is 25.4 Å². The highest BCUT2D eigenvalue weighted by Gasteiger charge is 2.44. The predicted octanol–water partition coefficient (Wildman–Crippen LogP) is 12.5. The van der Waals surface area contributed by atoms with E-state index in [-0.39, 0.29) is 6.61 Å². The van der Waals surface area contributed by atoms with Crippen molar-refractivity contribution in [2.45, 2.75) is 307 Å². The molecule has 1 saturated heterocycles. The van der Waals surface area contributed by atoms with Crippen LogP contribution in [0.4, 0.5) is 0 Å². The van der Waals surface area contributed by atoms with E-state index in [0.717, 1.165) is 44.9 Å². The van der Waals surface area contributed by atoms with Crippen molar-refractivity contribution in [3.05, 3.63) is 36.5 Å². The second kappa shape index (κ2) is 46.7. The van der Waals surface area contributed by atoms with Crippen molar-refractivity contribution < 1.29 is 44.9 Å². The van der Waals surface area contributed by atoms with Gasteiger partial charge in [0.25, 0.3) is 0 Å². The number of ether oxygens (including phenoxy) is 2. The average Bonchev–Trinajstić information content (AvgIpc) is 3.33. The van der Waals surface area contributed by atoms with Gasteiger partial charge < -0.3 is 45.4 Å². The number of carbonyl (C=O) groups excluding carboxylic acids is 1. The molecule has 0 radical (unpaired) electrons. The van der Waals surface area contributed by atoms with Crippen LogP contribution >= 0.6 is 0 Å². The number of amides is 1. The number of carbonyl (C=O) groups is 1. The first kappa shape index (κ1) is 63.4. The van der Waals surface area contributed by atoms with Crippen LogP contribution in [-0.4, -0.2) is 98.7 Å². The number of allylic oxidation sites excluding steroid dienone is 5. The molecule has 0 aromatic carbocycles. The molecule has 0 spiro atoms. The van der Waals surface area contributed by atoms with Gasteiger partial charge in [-0.2, -0.15) is 0 Å². The monoisotopic (exact) mass is 950 g/mol. The summed E-state index contributed by atoms with van der Waals surface area (Å²) in [6, 6.07) is -1.00. The van der Waals surface area contributed by atoms with Crippen LogP contribution in [0, 0.1) is 0 Å². The van der Waals surface area contributed by atoms with E-state index in [4.69, 9.17) is 9.47 Å². The summed E-state index contributed by atoms with van der Waals surface area (Å²) in [6.45, 7) is 3.57. The third-order valence-electron chi connectivity index (χ3n) is 13.6. The molecule has 7 N–H and O–H groups in total. The molecule has 1 heterocycles. The average molecular weight is 950 g/mol. The molecule has 8 unspecified atom stereocenters. The lowest BCUT2D eigenvalue weighted by Crippen LogP contribution is -2.60. The highest BCUT2D eigenvalue weighted by molar-refractivity contribution is 5.80. The molecule has 67 heavy (non-hydrogen) atoms. The van der Waals surface area contributed by atoms with E-state index in [1.165, 1.54) is 180 Å². The molecule has 10 heteroatoms. The predicted molar refractivity (Wildman–Crippen MR) is 278 cm³/mol. The van der Waals surface area contributed by atoms with Gasteiger partial charge in [-0.15, -0.1) is 0 Å². The molecule has 1 amide bonds. The minimum atomic E-state index is -1.62. The molecule has 0 saturated carbocycles. The Kier molecular flexibility index (Phi) is 44.2. The fraction of sp³-hybridized carbons (Fsp3) is 0.877. The molecule has 0 bridgehead atoms. The van der Waals surface area contributed by atoms with Crippen molar-refractivity contribution in [3.8, 4) is 0 Å². The maximum atomic E-state index is 13.1. The third kappa shape index (κ3) is 36.0. The Bertz CT molecular complexity index is 1160. The molecule has 1 fully saturated rings. The van der Waals surface area contributed by atoms with Gasteiger partial charge in [0.2, 0.25) is 5.91 Å². The van der Waals surface area contributed by atoms with Gasteiger partial charge in [-0.3, -0.25) is 4.79 Å². The molecule has 0 aliphatic carbocycles. The van der Waals surface area contributed by atoms with Crippen LogP contribution in [0.3, 0.4) is 0 Å². The Morgan fingerprint density at radius 2 is 0.881 bits per heavy atom. The zero-order chi connectivity index (χ0) is 48.8. The summed E-state index contributed by atoms with van der Waals surface area (Å²) in [5.41, 5.74) is 0. The minimum Gasteiger partial charge on any atom is -0.394 e. The quantitative estimate of drug-likeness (QED) is 0.0232. The first-order chi connectivity index (χ1) is 32.8. The van der Waals surface area contributed by atoms with E-state index >= 15 is 0 Å². The fourth-order valence-corrected chi connectivity index (χ4v) is 8.96. The summed E-state index contributed by atoms with van der Waals surface area (Å²) >= 11 is 0. The Morgan fingerprint density at radius 3 is 1.30 bits per heavy atom. The molecule has 1 aliphatic heterocycles. The van der Waals surface area contributed by atoms with Crippen LogP contribution in [0.25, 0.3) is 0 Å². The van der Waals surface area contributed by atoms with Gasteiger partial charge in [-0.1, -0.05) is 249 Å². The van der Waals surface area contributed by atoms with E-state index in [9.17, 15) is 35.4 Å². The summed E-state index contributed by atoms with van der Waals surface area (Å²) in [7, 11) is 0. The zero-order valence-electron chi connectivity index (χ0n) is 43.3. The van der Waals surface area contributed by atoms with E-state index in [2.05, 4.69) is 43.5 Å². The van der Waals surface area contributed by atoms with Gasteiger partial charge in [0.15, 0.2) is 6.29 Å². The van der Waals surface area contributed by atoms with Crippen LogP contribution in [0.2, 0.25) is 0 Å². The van der Waals surface area contributed by atoms with Gasteiger partial charge in [0.1, 0.15) is 30.5 Å². The zero-order valence-corrected chi connectivity index (χ0v) is 43.3. The van der Waals surface area contributed by atoms with E-state index in [1.54, 1.807) is 6.08 Å². The van der Waals surface area contributed by atoms with E-state index in [0.29, 0.717) is 19.3 Å². The number of aliphatic hydroxyl groups excluding tert-OH is 6. The van der Waals surface area contributed by atoms with Crippen molar-refractivity contribution in [1.82, 2.24) is 5.32 Å². The summed E-state index contributed by atoms with van der Waals surface area (Å²) in [4.78, 5) is 13.1. The molecule has 394 valence electrons. The second-order valence-electron chi connectivity index (χ2n) is 19.9. The van der Waals surface area contributed by atoms with Crippen LogP contribution in [0.15, 0.2) is 36.5 Å². The maximum Gasteiger partial charge on any atom is 0.249 e. The van der Waals surface area contributed by atoms with Crippen LogP contribution in [-0.2, 0) is 14.3 Å². The van der Waals surface area contributed by atoms with Crippen molar-refractivity contribution in [1.29, 1.82) is 0 Å². The van der Waals surface area contributed by atoms with Gasteiger partial charge >= 0.3 is 0 Å². The normalized spacial score (nSPS) is 20.4. The molecular weight excluding hydrogens is 843 g/mol. The maximum absolute atomic E-state index is 13.1. The molecule has 1 aliphatic rings.